The summed E-state index contributed by atoms with van der Waals surface area (Å²) in [6.07, 6.45) is 36.9. The standard InChI is InChI=1S/C40H79N5O3/c1-3-5-7-9-11-13-15-17-18-20-22-23-25-27-29-33-37(46)44-36(32-31-35-43-40(41)42)39(48)45-38(47)34-30-28-26-24-21-19-16-14-12-10-8-6-4-2/h36H,3-35H2,1-2H3,(H,44,46)(H4,41,42,43)(H,45,47,48)/t36-/m0/s1. The lowest BCUT2D eigenvalue weighted by Gasteiger charge is -2.18. The zero-order valence-electron chi connectivity index (χ0n) is 31.7. The second kappa shape index (κ2) is 36.2. The van der Waals surface area contributed by atoms with Crippen molar-refractivity contribution in [1.82, 2.24) is 10.6 Å². The molecule has 0 fully saturated rings. The lowest BCUT2D eigenvalue weighted by Crippen LogP contribution is -2.48. The summed E-state index contributed by atoms with van der Waals surface area (Å²) in [6.45, 7) is 4.89. The molecule has 0 unspecified atom stereocenters. The molecule has 0 aliphatic rings. The van der Waals surface area contributed by atoms with Crippen LogP contribution in [-0.4, -0.2) is 36.3 Å². The molecule has 3 amide bonds. The van der Waals surface area contributed by atoms with Crippen LogP contribution in [-0.2, 0) is 14.4 Å². The van der Waals surface area contributed by atoms with Crippen molar-refractivity contribution in [2.24, 2.45) is 16.5 Å². The number of hydrogen-bond acceptors (Lipinski definition) is 4. The number of aliphatic imine (C=N–C) groups is 1. The normalized spacial score (nSPS) is 11.7. The van der Waals surface area contributed by atoms with Crippen molar-refractivity contribution in [1.29, 1.82) is 0 Å². The fourth-order valence-electron chi connectivity index (χ4n) is 6.29. The number of carbonyl (C=O) groups excluding carboxylic acids is 3. The third kappa shape index (κ3) is 33.8. The van der Waals surface area contributed by atoms with Gasteiger partial charge in [-0.3, -0.25) is 24.7 Å². The van der Waals surface area contributed by atoms with E-state index in [2.05, 4.69) is 29.5 Å². The van der Waals surface area contributed by atoms with Crippen LogP contribution in [0.15, 0.2) is 4.99 Å². The maximum Gasteiger partial charge on any atom is 0.249 e. The summed E-state index contributed by atoms with van der Waals surface area (Å²) in [6, 6.07) is -0.765. The molecule has 0 radical (unpaired) electrons. The molecule has 48 heavy (non-hydrogen) atoms. The smallest absolute Gasteiger partial charge is 0.249 e. The number of nitrogens with one attached hydrogen (secondary N) is 2. The number of amides is 3. The Morgan fingerprint density at radius 1 is 0.479 bits per heavy atom. The summed E-state index contributed by atoms with van der Waals surface area (Å²) in [7, 11) is 0. The van der Waals surface area contributed by atoms with Crippen molar-refractivity contribution < 1.29 is 14.4 Å². The molecule has 6 N–H and O–H groups in total. The van der Waals surface area contributed by atoms with Crippen LogP contribution in [0.25, 0.3) is 0 Å². The van der Waals surface area contributed by atoms with E-state index in [-0.39, 0.29) is 17.8 Å². The van der Waals surface area contributed by atoms with Gasteiger partial charge in [-0.05, 0) is 25.7 Å². The number of nitrogens with two attached hydrogens (primary N) is 2. The maximum atomic E-state index is 12.9. The van der Waals surface area contributed by atoms with Crippen LogP contribution in [0.3, 0.4) is 0 Å². The first-order valence-corrected chi connectivity index (χ1v) is 20.6. The minimum atomic E-state index is -0.765. The molecule has 0 bridgehead atoms. The van der Waals surface area contributed by atoms with E-state index in [9.17, 15) is 14.4 Å². The van der Waals surface area contributed by atoms with Gasteiger partial charge in [0, 0.05) is 19.4 Å². The van der Waals surface area contributed by atoms with Gasteiger partial charge in [0.05, 0.1) is 0 Å². The van der Waals surface area contributed by atoms with Crippen LogP contribution >= 0.6 is 0 Å². The van der Waals surface area contributed by atoms with Crippen molar-refractivity contribution in [3.63, 3.8) is 0 Å². The van der Waals surface area contributed by atoms with Gasteiger partial charge < -0.3 is 16.8 Å². The van der Waals surface area contributed by atoms with Crippen LogP contribution in [0.1, 0.15) is 219 Å². The predicted octanol–water partition coefficient (Wildman–Crippen LogP) is 9.91. The van der Waals surface area contributed by atoms with Gasteiger partial charge in [-0.2, -0.15) is 0 Å². The molecule has 0 aromatic heterocycles. The van der Waals surface area contributed by atoms with Gasteiger partial charge in [0.25, 0.3) is 0 Å². The minimum Gasteiger partial charge on any atom is -0.370 e. The molecule has 0 spiro atoms. The highest BCUT2D eigenvalue weighted by atomic mass is 16.2. The molecule has 0 aromatic rings. The van der Waals surface area contributed by atoms with Crippen molar-refractivity contribution in [3.8, 4) is 0 Å². The second-order valence-electron chi connectivity index (χ2n) is 14.2. The Morgan fingerprint density at radius 2 is 0.812 bits per heavy atom. The summed E-state index contributed by atoms with van der Waals surface area (Å²) < 4.78 is 0. The lowest BCUT2D eigenvalue weighted by atomic mass is 10.0. The molecule has 0 aromatic carbocycles. The Bertz CT molecular complexity index is 785. The third-order valence-electron chi connectivity index (χ3n) is 9.37. The number of carbonyl (C=O) groups is 3. The molecular formula is C40H79N5O3. The van der Waals surface area contributed by atoms with E-state index in [4.69, 9.17) is 11.5 Å². The van der Waals surface area contributed by atoms with E-state index in [1.165, 1.54) is 141 Å². The van der Waals surface area contributed by atoms with Gasteiger partial charge in [0.2, 0.25) is 17.7 Å². The number of unbranched alkanes of at least 4 members (excludes halogenated alkanes) is 26. The number of hydrogen-bond donors (Lipinski definition) is 4. The Kier molecular flexibility index (Phi) is 34.6. The number of nitrogens with zero attached hydrogens (tertiary/aromatic N) is 1. The van der Waals surface area contributed by atoms with Crippen molar-refractivity contribution in [2.45, 2.75) is 225 Å². The molecular weight excluding hydrogens is 598 g/mol. The highest BCUT2D eigenvalue weighted by Crippen LogP contribution is 2.15. The molecule has 282 valence electrons. The SMILES string of the molecule is CCCCCCCCCCCCCCCCCC(=O)N[C@@H](CCCN=C(N)N)C(=O)NC(=O)CCCCCCCCCCCCCCC. The van der Waals surface area contributed by atoms with Crippen LogP contribution in [0, 0.1) is 0 Å². The van der Waals surface area contributed by atoms with E-state index < -0.39 is 11.9 Å². The zero-order valence-corrected chi connectivity index (χ0v) is 31.7. The van der Waals surface area contributed by atoms with Crippen molar-refractivity contribution in [3.05, 3.63) is 0 Å². The summed E-state index contributed by atoms with van der Waals surface area (Å²) in [5.41, 5.74) is 10.8. The Balaban J connectivity index is 4.10. The van der Waals surface area contributed by atoms with E-state index in [0.717, 1.165) is 38.5 Å². The van der Waals surface area contributed by atoms with E-state index in [0.29, 0.717) is 32.2 Å². The first-order valence-electron chi connectivity index (χ1n) is 20.6. The Hall–Kier alpha value is -2.12. The average molecular weight is 678 g/mol. The van der Waals surface area contributed by atoms with Crippen LogP contribution < -0.4 is 22.1 Å². The minimum absolute atomic E-state index is 0.00110. The summed E-state index contributed by atoms with van der Waals surface area (Å²) in [5, 5.41) is 5.39. The van der Waals surface area contributed by atoms with E-state index in [1.807, 2.05) is 0 Å². The molecule has 0 aliphatic heterocycles. The van der Waals surface area contributed by atoms with Gasteiger partial charge in [0.1, 0.15) is 6.04 Å². The molecule has 0 aliphatic carbocycles. The first-order chi connectivity index (χ1) is 23.4. The highest BCUT2D eigenvalue weighted by molar-refractivity contribution is 5.99. The number of rotatable bonds is 36. The second-order valence-corrected chi connectivity index (χ2v) is 14.2. The third-order valence-corrected chi connectivity index (χ3v) is 9.37. The van der Waals surface area contributed by atoms with Gasteiger partial charge in [-0.1, -0.05) is 181 Å². The largest absolute Gasteiger partial charge is 0.370 e. The quantitative estimate of drug-likeness (QED) is 0.0297. The van der Waals surface area contributed by atoms with E-state index in [1.54, 1.807) is 0 Å². The molecule has 0 saturated heterocycles. The molecule has 0 heterocycles. The first kappa shape index (κ1) is 45.9. The lowest BCUT2D eigenvalue weighted by molar-refractivity contribution is -0.134. The molecule has 1 atom stereocenters. The van der Waals surface area contributed by atoms with Gasteiger partial charge in [-0.15, -0.1) is 0 Å². The maximum absolute atomic E-state index is 12.9. The van der Waals surface area contributed by atoms with Crippen LogP contribution in [0.5, 0.6) is 0 Å². The molecule has 0 rings (SSSR count). The van der Waals surface area contributed by atoms with Gasteiger partial charge in [0.15, 0.2) is 5.96 Å². The van der Waals surface area contributed by atoms with Crippen LogP contribution in [0.2, 0.25) is 0 Å². The van der Waals surface area contributed by atoms with Crippen molar-refractivity contribution in [2.75, 3.05) is 6.54 Å². The predicted molar refractivity (Wildman–Crippen MR) is 205 cm³/mol. The van der Waals surface area contributed by atoms with Gasteiger partial charge >= 0.3 is 0 Å². The van der Waals surface area contributed by atoms with Crippen LogP contribution in [0.4, 0.5) is 0 Å². The fraction of sp³-hybridized carbons (Fsp3) is 0.900. The van der Waals surface area contributed by atoms with Crippen molar-refractivity contribution >= 4 is 23.7 Å². The Morgan fingerprint density at radius 3 is 1.17 bits per heavy atom. The Labute approximate surface area is 296 Å². The number of guanidine groups is 1. The fourth-order valence-corrected chi connectivity index (χ4v) is 6.29. The highest BCUT2D eigenvalue weighted by Gasteiger charge is 2.22. The summed E-state index contributed by atoms with van der Waals surface area (Å²) in [4.78, 5) is 42.1. The number of imide groups is 1. The molecule has 0 saturated carbocycles. The molecule has 8 heteroatoms. The monoisotopic (exact) mass is 678 g/mol. The van der Waals surface area contributed by atoms with E-state index >= 15 is 0 Å². The summed E-state index contributed by atoms with van der Waals surface area (Å²) >= 11 is 0. The average Bonchev–Trinajstić information content (AvgIpc) is 3.06. The zero-order chi connectivity index (χ0) is 35.3. The topological polar surface area (TPSA) is 140 Å². The van der Waals surface area contributed by atoms with Gasteiger partial charge in [-0.25, -0.2) is 0 Å². The summed E-state index contributed by atoms with van der Waals surface area (Å²) in [5.74, 6) is -0.852. The molecule has 8 nitrogen and oxygen atoms in total.